The highest BCUT2D eigenvalue weighted by atomic mass is 35.5. The van der Waals surface area contributed by atoms with Crippen molar-refractivity contribution < 1.29 is 23.9 Å². The van der Waals surface area contributed by atoms with Crippen molar-refractivity contribution in [3.8, 4) is 11.5 Å². The molecule has 1 aliphatic rings. The second kappa shape index (κ2) is 18.8. The highest BCUT2D eigenvalue weighted by Gasteiger charge is 2.41. The van der Waals surface area contributed by atoms with Crippen LogP contribution in [-0.4, -0.2) is 41.0 Å². The van der Waals surface area contributed by atoms with Crippen LogP contribution >= 0.6 is 58.2 Å². The Balaban J connectivity index is 1.29. The van der Waals surface area contributed by atoms with Gasteiger partial charge in [0.15, 0.2) is 12.2 Å². The molecule has 0 aromatic heterocycles. The minimum absolute atomic E-state index is 0.120. The van der Waals surface area contributed by atoms with Crippen LogP contribution in [0, 0.1) is 20.8 Å². The molecule has 300 valence electrons. The average Bonchev–Trinajstić information content (AvgIpc) is 3.46. The minimum atomic E-state index is -1.02. The molecule has 58 heavy (non-hydrogen) atoms. The Morgan fingerprint density at radius 1 is 0.828 bits per heavy atom. The van der Waals surface area contributed by atoms with Crippen molar-refractivity contribution in [3.63, 3.8) is 0 Å². The number of amidine groups is 1. The van der Waals surface area contributed by atoms with Crippen LogP contribution in [0.5, 0.6) is 11.5 Å². The summed E-state index contributed by atoms with van der Waals surface area (Å²) < 4.78 is 12.0. The van der Waals surface area contributed by atoms with Crippen LogP contribution in [0.2, 0.25) is 20.1 Å². The van der Waals surface area contributed by atoms with E-state index in [-0.39, 0.29) is 49.1 Å². The van der Waals surface area contributed by atoms with Gasteiger partial charge in [0, 0.05) is 15.6 Å². The molecule has 10 nitrogen and oxygen atoms in total. The van der Waals surface area contributed by atoms with E-state index in [1.807, 2.05) is 70.2 Å². The molecule has 1 saturated heterocycles. The van der Waals surface area contributed by atoms with E-state index in [2.05, 4.69) is 16.1 Å². The molecule has 0 radical (unpaired) electrons. The van der Waals surface area contributed by atoms with Gasteiger partial charge in [0.2, 0.25) is 0 Å². The van der Waals surface area contributed by atoms with Gasteiger partial charge in [0.25, 0.3) is 17.7 Å². The smallest absolute Gasteiger partial charge is 0.267 e. The lowest BCUT2D eigenvalue weighted by Gasteiger charge is -2.19. The number of hydrogen-bond acceptors (Lipinski definition) is 7. The van der Waals surface area contributed by atoms with Crippen LogP contribution in [0.4, 0.5) is 22.7 Å². The molecule has 3 N–H and O–H groups in total. The van der Waals surface area contributed by atoms with E-state index in [1.165, 1.54) is 17.1 Å². The number of para-hydroxylation sites is 1. The van der Waals surface area contributed by atoms with Crippen molar-refractivity contribution >= 4 is 104 Å². The molecule has 3 atom stereocenters. The monoisotopic (exact) mass is 877 g/mol. The first-order valence-electron chi connectivity index (χ1n) is 18.2. The summed E-state index contributed by atoms with van der Waals surface area (Å²) >= 11 is 27.2. The standard InChI is InChI=1S/C43H39Cl4N5O5S/c1-6-35(57-29-15-11-23(2)12-16-29)42(54)48-28-14-17-30(45)34(22-28)49-40-39(43(55)52(51-40)38-31(46)20-27(44)21-32(38)47)58-37-10-8-7-9-33(37)50-41(53)26(5)56-36-18-13-24(3)19-25(36)4/h7-22,26,35,39H,6H2,1-5H3,(H,48,54)(H,49,51)(H,50,53). The number of halogens is 4. The van der Waals surface area contributed by atoms with Gasteiger partial charge in [-0.15, -0.1) is 11.8 Å². The minimum Gasteiger partial charge on any atom is -0.481 e. The van der Waals surface area contributed by atoms with E-state index >= 15 is 0 Å². The number of nitrogens with zero attached hydrogens (tertiary/aromatic N) is 2. The molecule has 1 fully saturated rings. The summed E-state index contributed by atoms with van der Waals surface area (Å²) in [5.74, 6) is 0.119. The lowest BCUT2D eigenvalue weighted by atomic mass is 10.1. The molecule has 5 aromatic rings. The number of nitrogens with one attached hydrogen (secondary N) is 3. The third kappa shape index (κ3) is 10.2. The summed E-state index contributed by atoms with van der Waals surface area (Å²) in [4.78, 5) is 46.6. The molecular formula is C43H39Cl4N5O5S. The Bertz CT molecular complexity index is 2370. The lowest BCUT2D eigenvalue weighted by molar-refractivity contribution is -0.123. The number of carbonyl (C=O) groups is 3. The molecule has 3 amide bonds. The van der Waals surface area contributed by atoms with E-state index in [4.69, 9.17) is 60.9 Å². The van der Waals surface area contributed by atoms with Gasteiger partial charge >= 0.3 is 0 Å². The number of benzene rings is 5. The molecule has 0 bridgehead atoms. The molecule has 0 spiro atoms. The second-order valence-corrected chi connectivity index (χ2v) is 16.3. The van der Waals surface area contributed by atoms with Crippen molar-refractivity contribution in [1.82, 2.24) is 5.43 Å². The largest absolute Gasteiger partial charge is 0.481 e. The second-order valence-electron chi connectivity index (χ2n) is 13.5. The van der Waals surface area contributed by atoms with Gasteiger partial charge in [-0.1, -0.05) is 101 Å². The zero-order chi connectivity index (χ0) is 41.7. The lowest BCUT2D eigenvalue weighted by Crippen LogP contribution is -2.36. The maximum atomic E-state index is 14.4. The van der Waals surface area contributed by atoms with Gasteiger partial charge in [0.05, 0.1) is 26.4 Å². The average molecular weight is 880 g/mol. The highest BCUT2D eigenvalue weighted by Crippen LogP contribution is 2.41. The number of hydrogen-bond donors (Lipinski definition) is 3. The number of anilines is 3. The number of thioether (sulfide) groups is 1. The predicted molar refractivity (Wildman–Crippen MR) is 236 cm³/mol. The Hall–Kier alpha value is -4.91. The molecule has 3 unspecified atom stereocenters. The van der Waals surface area contributed by atoms with E-state index in [0.717, 1.165) is 28.5 Å². The number of ether oxygens (including phenoxy) is 2. The van der Waals surface area contributed by atoms with Crippen molar-refractivity contribution in [2.45, 2.75) is 63.4 Å². The summed E-state index contributed by atoms with van der Waals surface area (Å²) in [5, 5.41) is 6.80. The molecule has 0 aliphatic carbocycles. The summed E-state index contributed by atoms with van der Waals surface area (Å²) in [6.07, 6.45) is -1.20. The van der Waals surface area contributed by atoms with Gasteiger partial charge in [0.1, 0.15) is 28.3 Å². The predicted octanol–water partition coefficient (Wildman–Crippen LogP) is 11.2. The zero-order valence-corrected chi connectivity index (χ0v) is 35.9. The summed E-state index contributed by atoms with van der Waals surface area (Å²) in [5.41, 5.74) is 7.39. The van der Waals surface area contributed by atoms with Gasteiger partial charge in [-0.05, 0) is 100 Å². The first-order chi connectivity index (χ1) is 27.7. The normalized spacial score (nSPS) is 15.5. The van der Waals surface area contributed by atoms with E-state index in [9.17, 15) is 14.4 Å². The SMILES string of the molecule is CCC(Oc1ccc(C)cc1)C(=O)Nc1ccc(Cl)c(N=C2NN(c3c(Cl)cc(Cl)cc3Cl)C(=O)C2Sc2ccccc2NC(=O)C(C)Oc2ccc(C)cc2C)c1. The van der Waals surface area contributed by atoms with Gasteiger partial charge in [-0.25, -0.2) is 10.0 Å². The van der Waals surface area contributed by atoms with E-state index in [0.29, 0.717) is 34.2 Å². The summed E-state index contributed by atoms with van der Waals surface area (Å²) in [7, 11) is 0. The van der Waals surface area contributed by atoms with Gasteiger partial charge in [-0.3, -0.25) is 19.8 Å². The third-order valence-electron chi connectivity index (χ3n) is 8.93. The third-order valence-corrected chi connectivity index (χ3v) is 11.3. The number of rotatable bonds is 13. The van der Waals surface area contributed by atoms with Gasteiger partial charge in [-0.2, -0.15) is 0 Å². The van der Waals surface area contributed by atoms with Crippen LogP contribution in [0.3, 0.4) is 0 Å². The highest BCUT2D eigenvalue weighted by molar-refractivity contribution is 8.01. The Labute approximate surface area is 361 Å². The molecule has 5 aromatic carbocycles. The fourth-order valence-corrected chi connectivity index (χ4v) is 8.13. The number of carbonyl (C=O) groups excluding carboxylic acids is 3. The maximum Gasteiger partial charge on any atom is 0.267 e. The summed E-state index contributed by atoms with van der Waals surface area (Å²) in [6.45, 7) is 9.39. The number of aliphatic imine (C=N–C) groups is 1. The molecule has 1 aliphatic heterocycles. The first-order valence-corrected chi connectivity index (χ1v) is 20.6. The van der Waals surface area contributed by atoms with Crippen LogP contribution in [0.15, 0.2) is 107 Å². The van der Waals surface area contributed by atoms with Crippen LogP contribution < -0.4 is 30.5 Å². The number of hydrazine groups is 1. The van der Waals surface area contributed by atoms with Crippen molar-refractivity contribution in [1.29, 1.82) is 0 Å². The molecule has 1 heterocycles. The maximum absolute atomic E-state index is 14.4. The Morgan fingerprint density at radius 3 is 2.21 bits per heavy atom. The fourth-order valence-electron chi connectivity index (χ4n) is 5.91. The fraction of sp³-hybridized carbons (Fsp3) is 0.209. The number of amides is 3. The first kappa shape index (κ1) is 42.7. The van der Waals surface area contributed by atoms with Crippen molar-refractivity contribution in [2.24, 2.45) is 4.99 Å². The quantitative estimate of drug-likeness (QED) is 0.108. The van der Waals surface area contributed by atoms with Crippen LogP contribution in [0.1, 0.15) is 37.0 Å². The van der Waals surface area contributed by atoms with Crippen LogP contribution in [-0.2, 0) is 14.4 Å². The van der Waals surface area contributed by atoms with E-state index in [1.54, 1.807) is 49.4 Å². The van der Waals surface area contributed by atoms with Crippen LogP contribution in [0.25, 0.3) is 0 Å². The Morgan fingerprint density at radius 2 is 1.52 bits per heavy atom. The zero-order valence-electron chi connectivity index (χ0n) is 32.0. The molecule has 6 rings (SSSR count). The molecule has 0 saturated carbocycles. The number of aryl methyl sites for hydroxylation is 3. The Kier molecular flexibility index (Phi) is 13.8. The van der Waals surface area contributed by atoms with Crippen molar-refractivity contribution in [2.75, 3.05) is 15.6 Å². The molecule has 15 heteroatoms. The topological polar surface area (TPSA) is 121 Å². The van der Waals surface area contributed by atoms with E-state index < -0.39 is 23.4 Å². The van der Waals surface area contributed by atoms with Gasteiger partial charge < -0.3 is 20.1 Å². The summed E-state index contributed by atoms with van der Waals surface area (Å²) in [6, 6.07) is 28.0. The molecular weight excluding hydrogens is 840 g/mol. The van der Waals surface area contributed by atoms with Crippen molar-refractivity contribution in [3.05, 3.63) is 134 Å².